The molecule has 0 aliphatic heterocycles. The van der Waals surface area contributed by atoms with Crippen LogP contribution < -0.4 is 5.32 Å². The number of rotatable bonds is 11. The highest BCUT2D eigenvalue weighted by Gasteiger charge is 2.18. The van der Waals surface area contributed by atoms with Crippen LogP contribution in [0.15, 0.2) is 60.7 Å². The third kappa shape index (κ3) is 5.93. The minimum Gasteiger partial charge on any atom is -0.366 e. The Morgan fingerprint density at radius 3 is 2.35 bits per heavy atom. The lowest BCUT2D eigenvalue weighted by Gasteiger charge is -2.20. The van der Waals surface area contributed by atoms with Crippen LogP contribution >= 0.6 is 11.6 Å². The van der Waals surface area contributed by atoms with E-state index in [1.165, 1.54) is 0 Å². The average Bonchev–Trinajstić information content (AvgIpc) is 3.21. The van der Waals surface area contributed by atoms with Gasteiger partial charge >= 0.3 is 0 Å². The average molecular weight is 477 g/mol. The smallest absolute Gasteiger partial charge is 0.155 e. The zero-order valence-corrected chi connectivity index (χ0v) is 21.0. The molecule has 0 spiro atoms. The molecule has 0 radical (unpaired) electrons. The minimum atomic E-state index is 0.256. The van der Waals surface area contributed by atoms with E-state index in [0.717, 1.165) is 66.3 Å². The van der Waals surface area contributed by atoms with Gasteiger partial charge in [0.25, 0.3) is 0 Å². The predicted molar refractivity (Wildman–Crippen MR) is 141 cm³/mol. The summed E-state index contributed by atoms with van der Waals surface area (Å²) in [5, 5.41) is 8.97. The molecule has 4 rings (SSSR count). The lowest BCUT2D eigenvalue weighted by molar-refractivity contribution is 0.295. The molecule has 4 aromatic rings. The number of nitrogens with zero attached hydrogens (tertiary/aromatic N) is 5. The van der Waals surface area contributed by atoms with Crippen molar-refractivity contribution in [2.45, 2.75) is 46.2 Å². The molecule has 2 aromatic carbocycles. The maximum absolute atomic E-state index is 6.57. The van der Waals surface area contributed by atoms with Gasteiger partial charge in [-0.1, -0.05) is 67.9 Å². The van der Waals surface area contributed by atoms with E-state index in [9.17, 15) is 0 Å². The molecule has 6 nitrogen and oxygen atoms in total. The maximum Gasteiger partial charge on any atom is 0.155 e. The summed E-state index contributed by atoms with van der Waals surface area (Å²) in [4.78, 5) is 12.3. The number of hydrogen-bond acceptors (Lipinski definition) is 5. The summed E-state index contributed by atoms with van der Waals surface area (Å²) >= 11 is 6.57. The molecule has 0 aliphatic carbocycles. The van der Waals surface area contributed by atoms with Crippen molar-refractivity contribution in [3.8, 4) is 11.4 Å². The van der Waals surface area contributed by atoms with Crippen LogP contribution in [0.2, 0.25) is 5.15 Å². The van der Waals surface area contributed by atoms with E-state index in [-0.39, 0.29) is 6.04 Å². The van der Waals surface area contributed by atoms with Crippen molar-refractivity contribution in [1.29, 1.82) is 0 Å². The van der Waals surface area contributed by atoms with Crippen molar-refractivity contribution in [2.24, 2.45) is 0 Å². The zero-order chi connectivity index (χ0) is 23.9. The molecule has 0 aliphatic rings. The minimum absolute atomic E-state index is 0.256. The van der Waals surface area contributed by atoms with Gasteiger partial charge in [0.15, 0.2) is 5.82 Å². The fourth-order valence-corrected chi connectivity index (χ4v) is 4.32. The molecule has 2 heterocycles. The van der Waals surface area contributed by atoms with Gasteiger partial charge in [0.1, 0.15) is 16.5 Å². The Bertz CT molecular complexity index is 1200. The van der Waals surface area contributed by atoms with E-state index >= 15 is 0 Å². The zero-order valence-electron chi connectivity index (χ0n) is 20.2. The van der Waals surface area contributed by atoms with E-state index in [1.54, 1.807) is 4.68 Å². The molecule has 0 fully saturated rings. The van der Waals surface area contributed by atoms with Gasteiger partial charge in [0, 0.05) is 12.1 Å². The molecule has 1 unspecified atom stereocenters. The number of fused-ring (bicyclic) bond motifs is 1. The molecule has 34 heavy (non-hydrogen) atoms. The third-order valence-corrected chi connectivity index (χ3v) is 6.41. The number of hydrogen-bond donors (Lipinski definition) is 1. The van der Waals surface area contributed by atoms with E-state index < -0.39 is 0 Å². The van der Waals surface area contributed by atoms with Gasteiger partial charge < -0.3 is 10.2 Å². The molecule has 0 saturated heterocycles. The normalized spacial score (nSPS) is 12.4. The number of para-hydroxylation sites is 2. The van der Waals surface area contributed by atoms with Crippen LogP contribution in [-0.4, -0.2) is 50.3 Å². The van der Waals surface area contributed by atoms with E-state index in [1.807, 2.05) is 48.5 Å². The van der Waals surface area contributed by atoms with Crippen molar-refractivity contribution in [2.75, 3.05) is 25.0 Å². The predicted octanol–water partition coefficient (Wildman–Crippen LogP) is 6.12. The van der Waals surface area contributed by atoms with Gasteiger partial charge in [-0.15, -0.1) is 0 Å². The quantitative estimate of drug-likeness (QED) is 0.282. The first-order valence-corrected chi connectivity index (χ1v) is 12.5. The first kappa shape index (κ1) is 24.2. The molecule has 1 N–H and O–H groups in total. The Balaban J connectivity index is 1.59. The second-order valence-corrected chi connectivity index (χ2v) is 9.01. The second-order valence-electron chi connectivity index (χ2n) is 8.62. The molecular weight excluding hydrogens is 444 g/mol. The van der Waals surface area contributed by atoms with Gasteiger partial charge in [-0.3, -0.25) is 0 Å². The standard InChI is InChI=1S/C27H33ClN6/c1-4-33(5-2)17-11-12-20(3)29-27-26(30-22-15-9-10-16-23(22)31-27)24-18-25(28)34(32-24)19-21-13-7-6-8-14-21/h6-10,13-16,18,20H,4-5,11-12,17,19H2,1-3H3,(H,29,31). The number of halogens is 1. The van der Waals surface area contributed by atoms with Crippen LogP contribution in [0.3, 0.4) is 0 Å². The molecule has 178 valence electrons. The summed E-state index contributed by atoms with van der Waals surface area (Å²) in [6.07, 6.45) is 2.18. The number of nitrogens with one attached hydrogen (secondary N) is 1. The highest BCUT2D eigenvalue weighted by atomic mass is 35.5. The topological polar surface area (TPSA) is 58.9 Å². The molecular formula is C27H33ClN6. The summed E-state index contributed by atoms with van der Waals surface area (Å²) in [5.41, 5.74) is 4.29. The third-order valence-electron chi connectivity index (χ3n) is 6.11. The van der Waals surface area contributed by atoms with Crippen LogP contribution in [0.5, 0.6) is 0 Å². The Labute approximate surface area is 207 Å². The second kappa shape index (κ2) is 11.4. The number of anilines is 1. The first-order chi connectivity index (χ1) is 16.6. The molecule has 2 aromatic heterocycles. The van der Waals surface area contributed by atoms with Crippen LogP contribution in [-0.2, 0) is 6.54 Å². The van der Waals surface area contributed by atoms with Crippen molar-refractivity contribution < 1.29 is 0 Å². The largest absolute Gasteiger partial charge is 0.366 e. The van der Waals surface area contributed by atoms with E-state index in [4.69, 9.17) is 26.7 Å². The molecule has 0 bridgehead atoms. The van der Waals surface area contributed by atoms with Gasteiger partial charge in [-0.05, 0) is 57.1 Å². The van der Waals surface area contributed by atoms with Crippen LogP contribution in [0.1, 0.15) is 39.2 Å². The summed E-state index contributed by atoms with van der Waals surface area (Å²) in [7, 11) is 0. The monoisotopic (exact) mass is 476 g/mol. The van der Waals surface area contributed by atoms with E-state index in [2.05, 4.69) is 43.1 Å². The van der Waals surface area contributed by atoms with Crippen LogP contribution in [0.4, 0.5) is 5.82 Å². The highest BCUT2D eigenvalue weighted by molar-refractivity contribution is 6.29. The Morgan fingerprint density at radius 1 is 0.971 bits per heavy atom. The van der Waals surface area contributed by atoms with Gasteiger partial charge in [0.2, 0.25) is 0 Å². The molecule has 7 heteroatoms. The fourth-order valence-electron chi connectivity index (χ4n) is 4.12. The van der Waals surface area contributed by atoms with Gasteiger partial charge in [-0.2, -0.15) is 5.10 Å². The summed E-state index contributed by atoms with van der Waals surface area (Å²) < 4.78 is 1.81. The van der Waals surface area contributed by atoms with Crippen molar-refractivity contribution in [3.05, 3.63) is 71.4 Å². The van der Waals surface area contributed by atoms with Crippen LogP contribution in [0, 0.1) is 0 Å². The molecule has 0 amide bonds. The number of aromatic nitrogens is 4. The summed E-state index contributed by atoms with van der Waals surface area (Å²) in [6.45, 7) is 10.5. The fraction of sp³-hybridized carbons (Fsp3) is 0.370. The van der Waals surface area contributed by atoms with Gasteiger partial charge in [0.05, 0.1) is 17.6 Å². The van der Waals surface area contributed by atoms with Gasteiger partial charge in [-0.25, -0.2) is 14.6 Å². The summed E-state index contributed by atoms with van der Waals surface area (Å²) in [5.74, 6) is 0.745. The van der Waals surface area contributed by atoms with Crippen molar-refractivity contribution >= 4 is 28.5 Å². The van der Waals surface area contributed by atoms with Crippen LogP contribution in [0.25, 0.3) is 22.4 Å². The summed E-state index contributed by atoms with van der Waals surface area (Å²) in [6, 6.07) is 20.2. The number of benzene rings is 2. The SMILES string of the molecule is CCN(CC)CCCC(C)Nc1nc2ccccc2nc1-c1cc(Cl)n(Cc2ccccc2)n1. The lowest BCUT2D eigenvalue weighted by atomic mass is 10.1. The molecule has 1 atom stereocenters. The van der Waals surface area contributed by atoms with Crippen molar-refractivity contribution in [3.63, 3.8) is 0 Å². The Hall–Kier alpha value is -2.96. The highest BCUT2D eigenvalue weighted by Crippen LogP contribution is 2.29. The van der Waals surface area contributed by atoms with Crippen molar-refractivity contribution in [1.82, 2.24) is 24.6 Å². The first-order valence-electron chi connectivity index (χ1n) is 12.1. The molecule has 0 saturated carbocycles. The van der Waals surface area contributed by atoms with E-state index in [0.29, 0.717) is 11.7 Å². The Kier molecular flexibility index (Phi) is 8.14. The maximum atomic E-state index is 6.57. The Morgan fingerprint density at radius 2 is 1.65 bits per heavy atom. The lowest BCUT2D eigenvalue weighted by Crippen LogP contribution is -2.26.